The zero-order chi connectivity index (χ0) is 20.8. The van der Waals surface area contributed by atoms with Gasteiger partial charge in [0.25, 0.3) is 0 Å². The summed E-state index contributed by atoms with van der Waals surface area (Å²) in [7, 11) is 1.60. The molecule has 0 aliphatic carbocycles. The van der Waals surface area contributed by atoms with Gasteiger partial charge in [-0.3, -0.25) is 9.59 Å². The van der Waals surface area contributed by atoms with Crippen molar-refractivity contribution in [3.05, 3.63) is 76.2 Å². The molecule has 0 atom stereocenters. The number of hydrogen-bond acceptors (Lipinski definition) is 6. The summed E-state index contributed by atoms with van der Waals surface area (Å²) >= 11 is 1.34. The number of thiophene rings is 1. The molecule has 1 heterocycles. The SMILES string of the molecule is CCOC(=O)Cc1cc(C(=O)c2ccc(C#N)cc2)sc1-c1ccc(OC)cc1. The van der Waals surface area contributed by atoms with Crippen molar-refractivity contribution < 1.29 is 19.1 Å². The highest BCUT2D eigenvalue weighted by molar-refractivity contribution is 7.17. The van der Waals surface area contributed by atoms with Crippen LogP contribution in [-0.2, 0) is 16.0 Å². The molecule has 146 valence electrons. The molecule has 6 heteroatoms. The summed E-state index contributed by atoms with van der Waals surface area (Å²) in [6.07, 6.45) is 0.0896. The van der Waals surface area contributed by atoms with E-state index in [1.807, 2.05) is 30.3 Å². The van der Waals surface area contributed by atoms with E-state index in [1.165, 1.54) is 11.3 Å². The summed E-state index contributed by atoms with van der Waals surface area (Å²) in [5, 5.41) is 8.93. The van der Waals surface area contributed by atoms with Crippen LogP contribution >= 0.6 is 11.3 Å². The molecular weight excluding hydrogens is 386 g/mol. The summed E-state index contributed by atoms with van der Waals surface area (Å²) in [5.74, 6) is 0.243. The third kappa shape index (κ3) is 4.71. The third-order valence-electron chi connectivity index (χ3n) is 4.30. The van der Waals surface area contributed by atoms with E-state index in [9.17, 15) is 9.59 Å². The molecular formula is C23H19NO4S. The molecule has 0 saturated carbocycles. The summed E-state index contributed by atoms with van der Waals surface area (Å²) in [6.45, 7) is 2.06. The van der Waals surface area contributed by atoms with Gasteiger partial charge in [0.15, 0.2) is 0 Å². The normalized spacial score (nSPS) is 10.2. The Bertz CT molecular complexity index is 1060. The van der Waals surface area contributed by atoms with E-state index >= 15 is 0 Å². The Hall–Kier alpha value is -3.43. The van der Waals surface area contributed by atoms with Gasteiger partial charge in [-0.05, 0) is 72.6 Å². The van der Waals surface area contributed by atoms with Crippen LogP contribution < -0.4 is 4.74 Å². The molecule has 0 amide bonds. The standard InChI is InChI=1S/C23H19NO4S/c1-3-28-21(25)13-18-12-20(22(26)16-6-4-15(14-24)5-7-16)29-23(18)17-8-10-19(27-2)11-9-17/h4-12H,3,13H2,1-2H3. The van der Waals surface area contributed by atoms with Crippen molar-refractivity contribution in [1.82, 2.24) is 0 Å². The number of carbonyl (C=O) groups is 2. The Morgan fingerprint density at radius 2 is 1.76 bits per heavy atom. The minimum absolute atomic E-state index is 0.0896. The number of esters is 1. The van der Waals surface area contributed by atoms with E-state index in [0.29, 0.717) is 22.6 Å². The Labute approximate surface area is 173 Å². The van der Waals surface area contributed by atoms with Crippen molar-refractivity contribution in [2.45, 2.75) is 13.3 Å². The van der Waals surface area contributed by atoms with Crippen molar-refractivity contribution in [2.75, 3.05) is 13.7 Å². The summed E-state index contributed by atoms with van der Waals surface area (Å²) in [5.41, 5.74) is 2.63. The topological polar surface area (TPSA) is 76.4 Å². The van der Waals surface area contributed by atoms with Gasteiger partial charge in [-0.2, -0.15) is 5.26 Å². The number of hydrogen-bond donors (Lipinski definition) is 0. The molecule has 5 nitrogen and oxygen atoms in total. The number of nitriles is 1. The fraction of sp³-hybridized carbons (Fsp3) is 0.174. The molecule has 0 aliphatic heterocycles. The first-order valence-electron chi connectivity index (χ1n) is 9.03. The lowest BCUT2D eigenvalue weighted by Gasteiger charge is -2.05. The third-order valence-corrected chi connectivity index (χ3v) is 5.53. The molecule has 1 aromatic heterocycles. The molecule has 0 bridgehead atoms. The lowest BCUT2D eigenvalue weighted by atomic mass is 10.0. The second-order valence-corrected chi connectivity index (χ2v) is 7.25. The van der Waals surface area contributed by atoms with Gasteiger partial charge in [-0.1, -0.05) is 0 Å². The monoisotopic (exact) mass is 405 g/mol. The fourth-order valence-electron chi connectivity index (χ4n) is 2.86. The predicted molar refractivity (Wildman–Crippen MR) is 111 cm³/mol. The number of rotatable bonds is 7. The van der Waals surface area contributed by atoms with Gasteiger partial charge in [0.05, 0.1) is 36.6 Å². The molecule has 3 rings (SSSR count). The number of ketones is 1. The minimum atomic E-state index is -0.336. The van der Waals surface area contributed by atoms with Gasteiger partial charge in [-0.25, -0.2) is 0 Å². The Kier molecular flexibility index (Phi) is 6.43. The maximum absolute atomic E-state index is 12.9. The van der Waals surface area contributed by atoms with Crippen LogP contribution in [0.5, 0.6) is 5.75 Å². The second kappa shape index (κ2) is 9.18. The van der Waals surface area contributed by atoms with Crippen LogP contribution in [0.15, 0.2) is 54.6 Å². The maximum Gasteiger partial charge on any atom is 0.310 e. The fourth-order valence-corrected chi connectivity index (χ4v) is 4.01. The van der Waals surface area contributed by atoms with Crippen LogP contribution in [-0.4, -0.2) is 25.5 Å². The molecule has 2 aromatic carbocycles. The van der Waals surface area contributed by atoms with E-state index < -0.39 is 0 Å². The number of carbonyl (C=O) groups excluding carboxylic acids is 2. The molecule has 0 N–H and O–H groups in total. The number of ether oxygens (including phenoxy) is 2. The van der Waals surface area contributed by atoms with Gasteiger partial charge in [-0.15, -0.1) is 11.3 Å². The lowest BCUT2D eigenvalue weighted by Crippen LogP contribution is -2.07. The number of benzene rings is 2. The van der Waals surface area contributed by atoms with Crippen molar-refractivity contribution in [1.29, 1.82) is 5.26 Å². The van der Waals surface area contributed by atoms with Crippen LogP contribution in [0, 0.1) is 11.3 Å². The quantitative estimate of drug-likeness (QED) is 0.423. The molecule has 0 fully saturated rings. The van der Waals surface area contributed by atoms with Crippen molar-refractivity contribution in [3.8, 4) is 22.3 Å². The van der Waals surface area contributed by atoms with E-state index in [4.69, 9.17) is 14.7 Å². The van der Waals surface area contributed by atoms with Crippen molar-refractivity contribution in [2.24, 2.45) is 0 Å². The minimum Gasteiger partial charge on any atom is -0.497 e. The van der Waals surface area contributed by atoms with Gasteiger partial charge in [0.2, 0.25) is 5.78 Å². The molecule has 0 unspecified atom stereocenters. The smallest absolute Gasteiger partial charge is 0.310 e. The molecule has 3 aromatic rings. The molecule has 0 spiro atoms. The second-order valence-electron chi connectivity index (χ2n) is 6.19. The van der Waals surface area contributed by atoms with Crippen LogP contribution in [0.4, 0.5) is 0 Å². The molecule has 0 aliphatic rings. The summed E-state index contributed by atoms with van der Waals surface area (Å²) in [4.78, 5) is 26.4. The highest BCUT2D eigenvalue weighted by Gasteiger charge is 2.19. The van der Waals surface area contributed by atoms with Crippen LogP contribution in [0.25, 0.3) is 10.4 Å². The first-order chi connectivity index (χ1) is 14.0. The van der Waals surface area contributed by atoms with Gasteiger partial charge in [0, 0.05) is 10.4 Å². The summed E-state index contributed by atoms with van der Waals surface area (Å²) < 4.78 is 10.3. The van der Waals surface area contributed by atoms with E-state index in [1.54, 1.807) is 44.4 Å². The number of methoxy groups -OCH3 is 1. The lowest BCUT2D eigenvalue weighted by molar-refractivity contribution is -0.142. The number of nitrogens with zero attached hydrogens (tertiary/aromatic N) is 1. The Morgan fingerprint density at radius 3 is 2.34 bits per heavy atom. The zero-order valence-electron chi connectivity index (χ0n) is 16.1. The maximum atomic E-state index is 12.9. The van der Waals surface area contributed by atoms with E-state index in [-0.39, 0.29) is 18.2 Å². The molecule has 29 heavy (non-hydrogen) atoms. The average molecular weight is 405 g/mol. The van der Waals surface area contributed by atoms with Gasteiger partial charge in [0.1, 0.15) is 5.75 Å². The Morgan fingerprint density at radius 1 is 1.07 bits per heavy atom. The van der Waals surface area contributed by atoms with Gasteiger partial charge < -0.3 is 9.47 Å². The van der Waals surface area contributed by atoms with Crippen molar-refractivity contribution in [3.63, 3.8) is 0 Å². The highest BCUT2D eigenvalue weighted by Crippen LogP contribution is 2.35. The first kappa shape index (κ1) is 20.3. The first-order valence-corrected chi connectivity index (χ1v) is 9.85. The highest BCUT2D eigenvalue weighted by atomic mass is 32.1. The Balaban J connectivity index is 1.99. The average Bonchev–Trinajstić information content (AvgIpc) is 3.17. The summed E-state index contributed by atoms with van der Waals surface area (Å²) in [6, 6.07) is 17.8. The largest absolute Gasteiger partial charge is 0.497 e. The van der Waals surface area contributed by atoms with Crippen LogP contribution in [0.3, 0.4) is 0 Å². The predicted octanol–water partition coefficient (Wildman–Crippen LogP) is 4.63. The van der Waals surface area contributed by atoms with E-state index in [2.05, 4.69) is 0 Å². The molecule has 0 radical (unpaired) electrons. The molecule has 0 saturated heterocycles. The van der Waals surface area contributed by atoms with Crippen LogP contribution in [0.1, 0.15) is 33.3 Å². The van der Waals surface area contributed by atoms with E-state index in [0.717, 1.165) is 21.8 Å². The van der Waals surface area contributed by atoms with Crippen molar-refractivity contribution >= 4 is 23.1 Å². The van der Waals surface area contributed by atoms with Gasteiger partial charge >= 0.3 is 5.97 Å². The van der Waals surface area contributed by atoms with Crippen LogP contribution in [0.2, 0.25) is 0 Å². The zero-order valence-corrected chi connectivity index (χ0v) is 16.9.